The third-order valence-electron chi connectivity index (χ3n) is 4.76. The van der Waals surface area contributed by atoms with Gasteiger partial charge in [-0.3, -0.25) is 0 Å². The van der Waals surface area contributed by atoms with Gasteiger partial charge in [0, 0.05) is 36.9 Å². The van der Waals surface area contributed by atoms with E-state index in [1.54, 1.807) is 0 Å². The van der Waals surface area contributed by atoms with Crippen molar-refractivity contribution in [2.45, 2.75) is 37.9 Å². The lowest BCUT2D eigenvalue weighted by Gasteiger charge is -2.32. The predicted octanol–water partition coefficient (Wildman–Crippen LogP) is 2.54. The summed E-state index contributed by atoms with van der Waals surface area (Å²) in [6.45, 7) is 2.59. The first kappa shape index (κ1) is 21.4. The molecule has 1 aliphatic rings. The van der Waals surface area contributed by atoms with Crippen LogP contribution >= 0.6 is 0 Å². The molecule has 160 valence electrons. The zero-order valence-corrected chi connectivity index (χ0v) is 16.8. The summed E-state index contributed by atoms with van der Waals surface area (Å²) in [6, 6.07) is 9.75. The molecule has 0 saturated carbocycles. The quantitative estimate of drug-likeness (QED) is 0.501. The van der Waals surface area contributed by atoms with Gasteiger partial charge in [0.1, 0.15) is 0 Å². The summed E-state index contributed by atoms with van der Waals surface area (Å²) in [5.41, 5.74) is -3.30. The molecular weight excluding hydrogens is 407 g/mol. The van der Waals surface area contributed by atoms with Gasteiger partial charge in [0.05, 0.1) is 6.54 Å². The largest absolute Gasteiger partial charge is 0.511 e. The average molecular weight is 431 g/mol. The van der Waals surface area contributed by atoms with Gasteiger partial charge in [-0.15, -0.1) is 0 Å². The number of aliphatic imine (C=N–C) groups is 1. The number of H-pyrrole nitrogens is 1. The highest BCUT2D eigenvalue weighted by atomic mass is 32.2. The SMILES string of the molecule is CCNC(=NCc1cc2ccccc2[nH]1)NC1CCN(S(=O)(=O)C(F)(F)F)CC1. The molecule has 0 radical (unpaired) electrons. The molecular formula is C18H24F3N5O2S. The molecule has 0 unspecified atom stereocenters. The number of aromatic amines is 1. The number of benzene rings is 1. The van der Waals surface area contributed by atoms with Crippen molar-refractivity contribution in [3.8, 4) is 0 Å². The number of para-hydroxylation sites is 1. The van der Waals surface area contributed by atoms with Crippen LogP contribution in [-0.2, 0) is 16.6 Å². The van der Waals surface area contributed by atoms with Crippen LogP contribution in [0.25, 0.3) is 10.9 Å². The van der Waals surface area contributed by atoms with Crippen molar-refractivity contribution in [3.05, 3.63) is 36.0 Å². The summed E-state index contributed by atoms with van der Waals surface area (Å²) >= 11 is 0. The van der Waals surface area contributed by atoms with Crippen molar-refractivity contribution in [2.75, 3.05) is 19.6 Å². The highest BCUT2D eigenvalue weighted by Gasteiger charge is 2.50. The third kappa shape index (κ3) is 5.02. The van der Waals surface area contributed by atoms with Gasteiger partial charge in [0.25, 0.3) is 0 Å². The molecule has 1 fully saturated rings. The van der Waals surface area contributed by atoms with Gasteiger partial charge >= 0.3 is 15.5 Å². The number of hydrogen-bond acceptors (Lipinski definition) is 3. The number of alkyl halides is 3. The minimum absolute atomic E-state index is 0.157. The van der Waals surface area contributed by atoms with Crippen molar-refractivity contribution in [1.29, 1.82) is 0 Å². The molecule has 3 N–H and O–H groups in total. The van der Waals surface area contributed by atoms with Crippen LogP contribution in [0.4, 0.5) is 13.2 Å². The Hall–Kier alpha value is -2.27. The zero-order chi connectivity index (χ0) is 21.1. The lowest BCUT2D eigenvalue weighted by Crippen LogP contribution is -2.51. The molecule has 0 aliphatic carbocycles. The molecule has 29 heavy (non-hydrogen) atoms. The summed E-state index contributed by atoms with van der Waals surface area (Å²) in [4.78, 5) is 7.82. The minimum atomic E-state index is -5.27. The number of hydrogen-bond donors (Lipinski definition) is 3. The minimum Gasteiger partial charge on any atom is -0.357 e. The van der Waals surface area contributed by atoms with Crippen LogP contribution in [0.3, 0.4) is 0 Å². The number of halogens is 3. The Morgan fingerprint density at radius 1 is 1.28 bits per heavy atom. The lowest BCUT2D eigenvalue weighted by atomic mass is 10.1. The van der Waals surface area contributed by atoms with Crippen LogP contribution < -0.4 is 10.6 Å². The Morgan fingerprint density at radius 3 is 2.59 bits per heavy atom. The number of nitrogens with one attached hydrogen (secondary N) is 3. The molecule has 1 aromatic heterocycles. The number of sulfonamides is 1. The van der Waals surface area contributed by atoms with Gasteiger partial charge in [-0.1, -0.05) is 18.2 Å². The van der Waals surface area contributed by atoms with Crippen molar-refractivity contribution in [2.24, 2.45) is 4.99 Å². The fourth-order valence-corrected chi connectivity index (χ4v) is 4.27. The fourth-order valence-electron chi connectivity index (χ4n) is 3.28. The van der Waals surface area contributed by atoms with Crippen LogP contribution in [0, 0.1) is 0 Å². The maximum atomic E-state index is 12.7. The molecule has 7 nitrogen and oxygen atoms in total. The summed E-state index contributed by atoms with van der Waals surface area (Å²) in [5.74, 6) is 0.545. The summed E-state index contributed by atoms with van der Waals surface area (Å²) < 4.78 is 61.6. The molecule has 1 aliphatic heterocycles. The topological polar surface area (TPSA) is 89.6 Å². The van der Waals surface area contributed by atoms with Crippen LogP contribution in [0.15, 0.2) is 35.3 Å². The predicted molar refractivity (Wildman–Crippen MR) is 106 cm³/mol. The number of fused-ring (bicyclic) bond motifs is 1. The normalized spacial score (nSPS) is 17.6. The number of aromatic nitrogens is 1. The second kappa shape index (κ2) is 8.62. The van der Waals surface area contributed by atoms with Gasteiger partial charge in [-0.05, 0) is 37.3 Å². The molecule has 3 rings (SSSR count). The highest BCUT2D eigenvalue weighted by molar-refractivity contribution is 7.90. The number of piperidine rings is 1. The first-order valence-electron chi connectivity index (χ1n) is 9.38. The first-order chi connectivity index (χ1) is 13.7. The Kier molecular flexibility index (Phi) is 6.37. The van der Waals surface area contributed by atoms with Gasteiger partial charge in [0.2, 0.25) is 0 Å². The van der Waals surface area contributed by atoms with Crippen molar-refractivity contribution in [1.82, 2.24) is 19.9 Å². The van der Waals surface area contributed by atoms with E-state index in [0.717, 1.165) is 16.6 Å². The van der Waals surface area contributed by atoms with E-state index >= 15 is 0 Å². The van der Waals surface area contributed by atoms with E-state index in [1.165, 1.54) is 0 Å². The molecule has 1 saturated heterocycles. The van der Waals surface area contributed by atoms with E-state index in [-0.39, 0.29) is 32.0 Å². The zero-order valence-electron chi connectivity index (χ0n) is 16.0. The van der Waals surface area contributed by atoms with E-state index in [1.807, 2.05) is 37.3 Å². The van der Waals surface area contributed by atoms with E-state index in [9.17, 15) is 21.6 Å². The maximum Gasteiger partial charge on any atom is 0.511 e. The number of rotatable bonds is 5. The Morgan fingerprint density at radius 2 is 1.97 bits per heavy atom. The Bertz CT molecular complexity index is 930. The summed E-state index contributed by atoms with van der Waals surface area (Å²) in [6.07, 6.45) is 0.540. The van der Waals surface area contributed by atoms with Crippen molar-refractivity contribution >= 4 is 26.9 Å². The van der Waals surface area contributed by atoms with Crippen LogP contribution in [-0.4, -0.2) is 54.9 Å². The number of guanidine groups is 1. The van der Waals surface area contributed by atoms with Gasteiger partial charge in [-0.25, -0.2) is 13.4 Å². The first-order valence-corrected chi connectivity index (χ1v) is 10.8. The second-order valence-electron chi connectivity index (χ2n) is 6.85. The monoisotopic (exact) mass is 431 g/mol. The molecule has 0 bridgehead atoms. The van der Waals surface area contributed by atoms with E-state index in [4.69, 9.17) is 0 Å². The number of nitrogens with zero attached hydrogens (tertiary/aromatic N) is 2. The molecule has 0 atom stereocenters. The standard InChI is InChI=1S/C18H24F3N5O2S/c1-2-22-17(23-12-15-11-13-5-3-4-6-16(13)24-15)25-14-7-9-26(10-8-14)29(27,28)18(19,20)21/h3-6,11,14,24H,2,7-10,12H2,1H3,(H2,22,23,25). The average Bonchev–Trinajstić information content (AvgIpc) is 3.09. The van der Waals surface area contributed by atoms with Gasteiger partial charge in [-0.2, -0.15) is 17.5 Å². The maximum absolute atomic E-state index is 12.7. The molecule has 0 spiro atoms. The smallest absolute Gasteiger partial charge is 0.357 e. The summed E-state index contributed by atoms with van der Waals surface area (Å²) in [7, 11) is -5.27. The molecule has 11 heteroatoms. The van der Waals surface area contributed by atoms with Gasteiger partial charge < -0.3 is 15.6 Å². The molecule has 0 amide bonds. The van der Waals surface area contributed by atoms with Crippen LogP contribution in [0.2, 0.25) is 0 Å². The lowest BCUT2D eigenvalue weighted by molar-refractivity contribution is -0.0494. The molecule has 2 aromatic rings. The van der Waals surface area contributed by atoms with E-state index in [2.05, 4.69) is 20.6 Å². The van der Waals surface area contributed by atoms with Crippen LogP contribution in [0.5, 0.6) is 0 Å². The van der Waals surface area contributed by atoms with Gasteiger partial charge in [0.15, 0.2) is 5.96 Å². The summed E-state index contributed by atoms with van der Waals surface area (Å²) in [5, 5.41) is 7.40. The van der Waals surface area contributed by atoms with E-state index in [0.29, 0.717) is 23.4 Å². The molecule has 2 heterocycles. The Labute approximate surface area is 167 Å². The van der Waals surface area contributed by atoms with Crippen molar-refractivity contribution in [3.63, 3.8) is 0 Å². The third-order valence-corrected chi connectivity index (χ3v) is 6.39. The fraction of sp³-hybridized carbons (Fsp3) is 0.500. The molecule has 1 aromatic carbocycles. The Balaban J connectivity index is 1.60. The van der Waals surface area contributed by atoms with Crippen LogP contribution in [0.1, 0.15) is 25.5 Å². The van der Waals surface area contributed by atoms with E-state index < -0.39 is 15.5 Å². The highest BCUT2D eigenvalue weighted by Crippen LogP contribution is 2.28. The second-order valence-corrected chi connectivity index (χ2v) is 8.77. The van der Waals surface area contributed by atoms with Crippen molar-refractivity contribution < 1.29 is 21.6 Å².